The second kappa shape index (κ2) is 10.2. The van der Waals surface area contributed by atoms with Gasteiger partial charge in [-0.3, -0.25) is 10.1 Å². The van der Waals surface area contributed by atoms with Gasteiger partial charge in [-0.1, -0.05) is 12.1 Å². The number of nitrogens with zero attached hydrogens (tertiary/aromatic N) is 2. The van der Waals surface area contributed by atoms with E-state index in [2.05, 4.69) is 50.1 Å². The van der Waals surface area contributed by atoms with Crippen molar-refractivity contribution in [3.05, 3.63) is 57.2 Å². The summed E-state index contributed by atoms with van der Waals surface area (Å²) in [7, 11) is 3.43. The predicted octanol–water partition coefficient (Wildman–Crippen LogP) is 2.96. The molecule has 9 heteroatoms. The van der Waals surface area contributed by atoms with Crippen molar-refractivity contribution in [2.24, 2.45) is 0 Å². The Morgan fingerprint density at radius 1 is 1.10 bits per heavy atom. The summed E-state index contributed by atoms with van der Waals surface area (Å²) < 4.78 is 5.68. The molecule has 3 rings (SSSR count). The van der Waals surface area contributed by atoms with Gasteiger partial charge in [-0.05, 0) is 72.2 Å². The Balaban J connectivity index is 1.81. The number of hydrogen-bond acceptors (Lipinski definition) is 6. The normalized spacial score (nSPS) is 14.2. The van der Waals surface area contributed by atoms with Gasteiger partial charge >= 0.3 is 5.97 Å². The quantitative estimate of drug-likeness (QED) is 0.353. The highest BCUT2D eigenvalue weighted by Gasteiger charge is 2.20. The van der Waals surface area contributed by atoms with Crippen LogP contribution in [-0.4, -0.2) is 62.2 Å². The number of thiocarbonyl (C=S) groups is 1. The molecule has 0 bridgehead atoms. The van der Waals surface area contributed by atoms with E-state index in [4.69, 9.17) is 17.0 Å². The van der Waals surface area contributed by atoms with Gasteiger partial charge in [0.25, 0.3) is 5.91 Å². The van der Waals surface area contributed by atoms with E-state index in [0.29, 0.717) is 16.8 Å². The third-order valence-corrected chi connectivity index (χ3v) is 6.00. The van der Waals surface area contributed by atoms with E-state index in [1.54, 1.807) is 24.3 Å². The van der Waals surface area contributed by atoms with Crippen LogP contribution >= 0.6 is 34.8 Å². The van der Waals surface area contributed by atoms with Crippen molar-refractivity contribution in [3.8, 4) is 0 Å². The van der Waals surface area contributed by atoms with Crippen LogP contribution in [0.4, 0.5) is 11.4 Å². The van der Waals surface area contributed by atoms with E-state index in [1.165, 1.54) is 7.11 Å². The van der Waals surface area contributed by atoms with Crippen molar-refractivity contribution in [1.29, 1.82) is 0 Å². The zero-order chi connectivity index (χ0) is 21.7. The number of methoxy groups -OCH3 is 1. The molecule has 0 radical (unpaired) electrons. The summed E-state index contributed by atoms with van der Waals surface area (Å²) in [6, 6.07) is 12.6. The summed E-state index contributed by atoms with van der Waals surface area (Å²) >= 11 is 7.50. The largest absolute Gasteiger partial charge is 0.465 e. The maximum Gasteiger partial charge on any atom is 0.337 e. The average molecular weight is 538 g/mol. The van der Waals surface area contributed by atoms with Crippen molar-refractivity contribution in [1.82, 2.24) is 10.2 Å². The summed E-state index contributed by atoms with van der Waals surface area (Å²) in [6.45, 7) is 3.58. The number of piperazine rings is 1. The van der Waals surface area contributed by atoms with Gasteiger partial charge in [-0.25, -0.2) is 4.79 Å². The van der Waals surface area contributed by atoms with E-state index >= 15 is 0 Å². The Bertz CT molecular complexity index is 961. The Labute approximate surface area is 194 Å². The maximum absolute atomic E-state index is 12.6. The molecule has 7 nitrogen and oxygen atoms in total. The van der Waals surface area contributed by atoms with Crippen LogP contribution in [0.5, 0.6) is 0 Å². The van der Waals surface area contributed by atoms with Crippen LogP contribution in [0.15, 0.2) is 42.5 Å². The van der Waals surface area contributed by atoms with Crippen molar-refractivity contribution < 1.29 is 14.3 Å². The molecule has 2 N–H and O–H groups in total. The molecular formula is C21H23IN4O3S. The Kier molecular flexibility index (Phi) is 7.62. The lowest BCUT2D eigenvalue weighted by atomic mass is 10.1. The Morgan fingerprint density at radius 2 is 1.80 bits per heavy atom. The molecule has 1 aliphatic rings. The number of hydrogen-bond donors (Lipinski definition) is 2. The highest BCUT2D eigenvalue weighted by Crippen LogP contribution is 2.28. The molecule has 2 aromatic rings. The molecule has 0 atom stereocenters. The second-order valence-corrected chi connectivity index (χ2v) is 8.47. The molecule has 1 fully saturated rings. The molecule has 2 aromatic carbocycles. The smallest absolute Gasteiger partial charge is 0.337 e. The number of halogens is 1. The number of rotatable bonds is 4. The van der Waals surface area contributed by atoms with Gasteiger partial charge in [0, 0.05) is 29.7 Å². The van der Waals surface area contributed by atoms with Crippen LogP contribution < -0.4 is 15.5 Å². The van der Waals surface area contributed by atoms with E-state index in [1.807, 2.05) is 18.2 Å². The fraction of sp³-hybridized carbons (Fsp3) is 0.286. The summed E-state index contributed by atoms with van der Waals surface area (Å²) in [4.78, 5) is 29.1. The number of likely N-dealkylation sites (N-methyl/N-ethyl adjacent to an activating group) is 1. The second-order valence-electron chi connectivity index (χ2n) is 6.90. The molecule has 1 amide bonds. The zero-order valence-corrected chi connectivity index (χ0v) is 19.7. The standard InChI is InChI=1S/C21H23IN4O3S/c1-25-9-11-26(12-10-25)18-8-7-14(20(28)29-2)13-17(18)23-21(30)24-19(27)15-5-3-4-6-16(15)22/h3-8,13H,9-12H2,1-2H3,(H2,23,24,27,30). The zero-order valence-electron chi connectivity index (χ0n) is 16.8. The fourth-order valence-electron chi connectivity index (χ4n) is 3.17. The minimum absolute atomic E-state index is 0.164. The molecule has 0 aliphatic carbocycles. The van der Waals surface area contributed by atoms with E-state index in [-0.39, 0.29) is 11.0 Å². The van der Waals surface area contributed by atoms with E-state index in [9.17, 15) is 9.59 Å². The van der Waals surface area contributed by atoms with Crippen LogP contribution in [0.3, 0.4) is 0 Å². The lowest BCUT2D eigenvalue weighted by Gasteiger charge is -2.35. The predicted molar refractivity (Wildman–Crippen MR) is 130 cm³/mol. The van der Waals surface area contributed by atoms with Crippen LogP contribution in [0.1, 0.15) is 20.7 Å². The first-order valence-corrected chi connectivity index (χ1v) is 10.9. The van der Waals surface area contributed by atoms with Crippen LogP contribution in [0.25, 0.3) is 0 Å². The summed E-state index contributed by atoms with van der Waals surface area (Å²) in [5.74, 6) is -0.723. The van der Waals surface area contributed by atoms with Gasteiger partial charge in [0.2, 0.25) is 0 Å². The van der Waals surface area contributed by atoms with Crippen molar-refractivity contribution in [2.75, 3.05) is 50.6 Å². The molecule has 1 aliphatic heterocycles. The van der Waals surface area contributed by atoms with Gasteiger partial charge in [-0.2, -0.15) is 0 Å². The van der Waals surface area contributed by atoms with E-state index in [0.717, 1.165) is 35.4 Å². The lowest BCUT2D eigenvalue weighted by molar-refractivity contribution is 0.0600. The highest BCUT2D eigenvalue weighted by atomic mass is 127. The van der Waals surface area contributed by atoms with Crippen LogP contribution in [0, 0.1) is 3.57 Å². The number of carbonyl (C=O) groups excluding carboxylic acids is 2. The Hall–Kier alpha value is -2.24. The number of benzene rings is 2. The molecule has 1 heterocycles. The minimum atomic E-state index is -0.434. The molecule has 0 saturated carbocycles. The average Bonchev–Trinajstić information content (AvgIpc) is 2.74. The first-order valence-electron chi connectivity index (χ1n) is 9.41. The first kappa shape index (κ1) is 22.4. The van der Waals surface area contributed by atoms with E-state index < -0.39 is 5.97 Å². The Morgan fingerprint density at radius 3 is 2.47 bits per heavy atom. The molecular weight excluding hydrogens is 515 g/mol. The van der Waals surface area contributed by atoms with Gasteiger partial charge < -0.3 is 19.9 Å². The fourth-order valence-corrected chi connectivity index (χ4v) is 4.01. The monoisotopic (exact) mass is 538 g/mol. The highest BCUT2D eigenvalue weighted by molar-refractivity contribution is 14.1. The summed E-state index contributed by atoms with van der Waals surface area (Å²) in [5, 5.41) is 5.98. The number of anilines is 2. The molecule has 1 saturated heterocycles. The van der Waals surface area contributed by atoms with Crippen LogP contribution in [0.2, 0.25) is 0 Å². The van der Waals surface area contributed by atoms with Crippen molar-refractivity contribution in [2.45, 2.75) is 0 Å². The third-order valence-electron chi connectivity index (χ3n) is 4.86. The van der Waals surface area contributed by atoms with Gasteiger partial charge in [0.1, 0.15) is 0 Å². The molecule has 0 spiro atoms. The molecule has 30 heavy (non-hydrogen) atoms. The molecule has 158 valence electrons. The van der Waals surface area contributed by atoms with Crippen molar-refractivity contribution in [3.63, 3.8) is 0 Å². The summed E-state index contributed by atoms with van der Waals surface area (Å²) in [5.41, 5.74) is 2.52. The SMILES string of the molecule is COC(=O)c1ccc(N2CCN(C)CC2)c(NC(=S)NC(=O)c2ccccc2I)c1. The molecule has 0 aromatic heterocycles. The van der Waals surface area contributed by atoms with Gasteiger partial charge in [-0.15, -0.1) is 0 Å². The van der Waals surface area contributed by atoms with Gasteiger partial charge in [0.15, 0.2) is 5.11 Å². The number of esters is 1. The topological polar surface area (TPSA) is 73.9 Å². The molecule has 0 unspecified atom stereocenters. The van der Waals surface area contributed by atoms with Gasteiger partial charge in [0.05, 0.1) is 29.6 Å². The number of amides is 1. The summed E-state index contributed by atoms with van der Waals surface area (Å²) in [6.07, 6.45) is 0. The number of carbonyl (C=O) groups is 2. The maximum atomic E-state index is 12.6. The number of nitrogens with one attached hydrogen (secondary N) is 2. The minimum Gasteiger partial charge on any atom is -0.465 e. The third kappa shape index (κ3) is 5.46. The van der Waals surface area contributed by atoms with Crippen molar-refractivity contribution >= 4 is 63.2 Å². The van der Waals surface area contributed by atoms with Crippen LogP contribution in [-0.2, 0) is 4.74 Å². The number of ether oxygens (including phenoxy) is 1. The first-order chi connectivity index (χ1) is 14.4. The lowest BCUT2D eigenvalue weighted by Crippen LogP contribution is -2.45.